The van der Waals surface area contributed by atoms with Crippen LogP contribution in [-0.2, 0) is 83.6 Å². The number of Topliss-reactive ketones (excluding diaryl/α,β-unsaturated/α-hetero) is 2. The summed E-state index contributed by atoms with van der Waals surface area (Å²) in [6.45, 7) is 12.2. The Hall–Kier alpha value is -5.22. The molecule has 2 aromatic heterocycles. The highest BCUT2D eigenvalue weighted by atomic mass is 16.7. The number of fused-ring (bicyclic) bond motifs is 2. The molecule has 0 radical (unpaired) electrons. The first kappa shape index (κ1) is 76.9. The summed E-state index contributed by atoms with van der Waals surface area (Å²) in [7, 11) is 10.8. The second kappa shape index (κ2) is 39.2. The van der Waals surface area contributed by atoms with Gasteiger partial charge in [0.1, 0.15) is 11.6 Å². The van der Waals surface area contributed by atoms with E-state index in [2.05, 4.69) is 177 Å². The molecule has 11 aliphatic rings. The normalized spacial score (nSPS) is 25.7. The molecule has 2 N–H and O–H groups in total. The molecule has 101 heavy (non-hydrogen) atoms. The lowest BCUT2D eigenvalue weighted by atomic mass is 9.87. The van der Waals surface area contributed by atoms with E-state index < -0.39 is 0 Å². The van der Waals surface area contributed by atoms with Crippen molar-refractivity contribution in [3.05, 3.63) is 167 Å². The predicted molar refractivity (Wildman–Crippen MR) is 400 cm³/mol. The largest absolute Gasteiger partial charge is 0.348 e. The lowest BCUT2D eigenvalue weighted by Gasteiger charge is -2.41. The molecule has 17 nitrogen and oxygen atoms in total. The summed E-state index contributed by atoms with van der Waals surface area (Å²) in [6.07, 6.45) is 36.3. The second-order valence-corrected chi connectivity index (χ2v) is 30.6. The smallest absolute Gasteiger partial charge is 0.169 e. The van der Waals surface area contributed by atoms with Gasteiger partial charge in [-0.05, 0) is 189 Å². The molecule has 0 amide bonds. The van der Waals surface area contributed by atoms with Gasteiger partial charge in [0.25, 0.3) is 0 Å². The number of hydrogen-bond donors (Lipinski definition) is 2. The molecule has 552 valence electrons. The van der Waals surface area contributed by atoms with Crippen LogP contribution in [0.25, 0.3) is 0 Å². The predicted octanol–water partition coefficient (Wildman–Crippen LogP) is 13.1. The Labute approximate surface area is 605 Å². The average molecular weight is 1390 g/mol. The molecule has 5 aliphatic heterocycles. The number of aromatic nitrogens is 2. The number of carbonyl (C=O) groups excluding carboxylic acids is 2. The van der Waals surface area contributed by atoms with Crippen LogP contribution in [0.2, 0.25) is 0 Å². The molecular formula is C84H123N9O8. The van der Waals surface area contributed by atoms with Gasteiger partial charge in [0.15, 0.2) is 17.4 Å². The summed E-state index contributed by atoms with van der Waals surface area (Å²) < 4.78 is 33.7. The van der Waals surface area contributed by atoms with Gasteiger partial charge >= 0.3 is 0 Å². The first-order chi connectivity index (χ1) is 49.3. The number of ether oxygens (including phenoxy) is 6. The zero-order valence-corrected chi connectivity index (χ0v) is 62.1. The Balaban J connectivity index is 0.000000124. The maximum atomic E-state index is 11.2. The van der Waals surface area contributed by atoms with Gasteiger partial charge in [0.2, 0.25) is 0 Å². The molecule has 17 heteroatoms. The highest BCUT2D eigenvalue weighted by Gasteiger charge is 2.43. The van der Waals surface area contributed by atoms with Crippen molar-refractivity contribution >= 4 is 11.6 Å². The molecule has 0 unspecified atom stereocenters. The van der Waals surface area contributed by atoms with Crippen molar-refractivity contribution in [2.75, 3.05) is 88.0 Å². The van der Waals surface area contributed by atoms with Crippen molar-refractivity contribution in [1.82, 2.24) is 45.1 Å². The fourth-order valence-corrected chi connectivity index (χ4v) is 17.5. The number of pyridine rings is 2. The molecule has 3 spiro atoms. The molecule has 6 saturated carbocycles. The summed E-state index contributed by atoms with van der Waals surface area (Å²) in [5.74, 6) is -0.00943. The van der Waals surface area contributed by atoms with Gasteiger partial charge in [-0.3, -0.25) is 44.1 Å². The van der Waals surface area contributed by atoms with Crippen LogP contribution in [0.5, 0.6) is 0 Å². The van der Waals surface area contributed by atoms with Crippen molar-refractivity contribution in [2.24, 2.45) is 0 Å². The third kappa shape index (κ3) is 23.1. The fraction of sp³-hybridized carbons (Fsp3) is 0.643. The molecule has 3 aromatic carbocycles. The van der Waals surface area contributed by atoms with Crippen molar-refractivity contribution < 1.29 is 38.0 Å². The van der Waals surface area contributed by atoms with Crippen LogP contribution < -0.4 is 10.6 Å². The Bertz CT molecular complexity index is 3170. The van der Waals surface area contributed by atoms with E-state index in [1.165, 1.54) is 136 Å². The van der Waals surface area contributed by atoms with E-state index >= 15 is 0 Å². The Morgan fingerprint density at radius 2 is 0.723 bits per heavy atom. The highest BCUT2D eigenvalue weighted by Crippen LogP contribution is 2.39. The summed E-state index contributed by atoms with van der Waals surface area (Å²) in [5.41, 5.74) is 10.1. The van der Waals surface area contributed by atoms with E-state index in [0.717, 1.165) is 154 Å². The number of hydrogen-bond acceptors (Lipinski definition) is 17. The third-order valence-electron chi connectivity index (χ3n) is 24.0. The molecule has 7 heterocycles. The number of carbonyl (C=O) groups is 2. The first-order valence-corrected chi connectivity index (χ1v) is 39.1. The third-order valence-corrected chi connectivity index (χ3v) is 24.0. The quantitative estimate of drug-likeness (QED) is 0.115. The standard InChI is InChI=1S/C22H29N3.C16H23NO2.C15H23N3.C14H19NO.C9H17NO2.C8H12O3/c1-24(16-18-5-3-2-4-6-18)21-7-9-22(10-8-21)25-14-12-19-15-23-13-11-20(19)17-25;1-17(13-14-5-3-2-4-6-14)15-7-9-16(10-8-15)18-11-12-19-16;1-16-14-2-4-15(5-3-14)18-9-7-12-10-17-8-6-13(12)11-18;1-15(11-12-5-3-2-4-6-12)13-7-9-14(16)10-8-13;1-10-8-2-4-9(5-3-8)11-6-7-12-9;9-7-1-3-8(4-2-7)10-5-6-11-8/h2-6,11,13,15,21-22H,7-10,12,14,16-17H2,1H3;2-6,15H,7-13H2,1H3;6,8,10,14-16H,2-5,7,9,11H2,1H3;2-6,13H,7-11H2,1H3;8,10H,2-7H2,1H3;1-6H2. The summed E-state index contributed by atoms with van der Waals surface area (Å²) in [4.78, 5) is 43.4. The second-order valence-electron chi connectivity index (χ2n) is 30.6. The van der Waals surface area contributed by atoms with Gasteiger partial charge in [-0.25, -0.2) is 0 Å². The van der Waals surface area contributed by atoms with E-state index in [1.54, 1.807) is 0 Å². The van der Waals surface area contributed by atoms with Gasteiger partial charge < -0.3 is 39.1 Å². The van der Waals surface area contributed by atoms with Crippen molar-refractivity contribution in [3.63, 3.8) is 0 Å². The Morgan fingerprint density at radius 1 is 0.386 bits per heavy atom. The van der Waals surface area contributed by atoms with Crippen LogP contribution in [0.1, 0.15) is 193 Å². The molecule has 0 bridgehead atoms. The molecule has 16 rings (SSSR count). The average Bonchev–Trinajstić information content (AvgIpc) is 1.51. The monoisotopic (exact) mass is 1390 g/mol. The van der Waals surface area contributed by atoms with Crippen molar-refractivity contribution in [1.29, 1.82) is 0 Å². The Kier molecular flexibility index (Phi) is 29.9. The first-order valence-electron chi connectivity index (χ1n) is 39.1. The van der Waals surface area contributed by atoms with Crippen LogP contribution in [0.3, 0.4) is 0 Å². The van der Waals surface area contributed by atoms with Crippen LogP contribution in [-0.4, -0.2) is 194 Å². The van der Waals surface area contributed by atoms with Crippen molar-refractivity contribution in [3.8, 4) is 0 Å². The lowest BCUT2D eigenvalue weighted by Crippen LogP contribution is -2.44. The van der Waals surface area contributed by atoms with Crippen LogP contribution in [0.4, 0.5) is 0 Å². The number of nitrogens with zero attached hydrogens (tertiary/aromatic N) is 7. The SMILES string of the molecule is CN(Cc1ccccc1)C1CCC(=O)CC1.CN(Cc1ccccc1)C1CCC(N2CCc3cnccc3C2)CC1.CN(Cc1ccccc1)C1CCC2(CC1)OCCO2.CNC1CCC(N2CCc3cnccc3C2)CC1.CNC1CCC2(CC1)OCCO2.O=C1CCC2(CC1)OCCO2. The van der Waals surface area contributed by atoms with Gasteiger partial charge in [0, 0.05) is 177 Å². The maximum Gasteiger partial charge on any atom is 0.169 e. The minimum absolute atomic E-state index is 0.187. The minimum Gasteiger partial charge on any atom is -0.348 e. The summed E-state index contributed by atoms with van der Waals surface area (Å²) >= 11 is 0. The zero-order valence-electron chi connectivity index (χ0n) is 62.1. The van der Waals surface area contributed by atoms with Crippen LogP contribution in [0, 0.1) is 0 Å². The molecule has 6 aliphatic carbocycles. The number of rotatable bonds is 13. The fourth-order valence-electron chi connectivity index (χ4n) is 17.5. The topological polar surface area (TPSA) is 156 Å². The molecular weight excluding hydrogens is 1260 g/mol. The maximum absolute atomic E-state index is 11.2. The lowest BCUT2D eigenvalue weighted by molar-refractivity contribution is -0.183. The Morgan fingerprint density at radius 3 is 1.12 bits per heavy atom. The summed E-state index contributed by atoms with van der Waals surface area (Å²) in [6, 6.07) is 41.4. The van der Waals surface area contributed by atoms with Gasteiger partial charge in [-0.1, -0.05) is 91.0 Å². The van der Waals surface area contributed by atoms with E-state index in [-0.39, 0.29) is 17.4 Å². The highest BCUT2D eigenvalue weighted by molar-refractivity contribution is 5.79. The summed E-state index contributed by atoms with van der Waals surface area (Å²) in [5, 5.41) is 6.72. The number of nitrogens with one attached hydrogen (secondary N) is 2. The zero-order chi connectivity index (χ0) is 70.1. The van der Waals surface area contributed by atoms with E-state index in [9.17, 15) is 9.59 Å². The van der Waals surface area contributed by atoms with Gasteiger partial charge in [0.05, 0.1) is 39.6 Å². The van der Waals surface area contributed by atoms with Gasteiger partial charge in [-0.2, -0.15) is 0 Å². The van der Waals surface area contributed by atoms with E-state index in [0.29, 0.717) is 55.7 Å². The molecule has 5 aromatic rings. The number of benzene rings is 3. The molecule has 9 fully saturated rings. The van der Waals surface area contributed by atoms with E-state index in [4.69, 9.17) is 28.4 Å². The van der Waals surface area contributed by atoms with Crippen LogP contribution >= 0.6 is 0 Å². The molecule has 0 atom stereocenters. The van der Waals surface area contributed by atoms with Crippen molar-refractivity contribution in [2.45, 2.75) is 259 Å². The number of ketones is 2. The van der Waals surface area contributed by atoms with E-state index in [1.807, 2.05) is 31.7 Å². The minimum atomic E-state index is -0.367. The van der Waals surface area contributed by atoms with Crippen LogP contribution in [0.15, 0.2) is 128 Å². The molecule has 3 saturated heterocycles. The van der Waals surface area contributed by atoms with Gasteiger partial charge in [-0.15, -0.1) is 0 Å².